The molecule has 2 aromatic heterocycles. The van der Waals surface area contributed by atoms with Crippen LogP contribution in [-0.4, -0.2) is 21.0 Å². The van der Waals surface area contributed by atoms with Crippen molar-refractivity contribution >= 4 is 40.8 Å². The molecule has 0 spiro atoms. The van der Waals surface area contributed by atoms with Crippen LogP contribution >= 0.6 is 23.8 Å². The van der Waals surface area contributed by atoms with Crippen LogP contribution in [0.25, 0.3) is 0 Å². The Balaban J connectivity index is 1.73. The molecule has 2 heterocycles. The molecule has 0 amide bonds. The van der Waals surface area contributed by atoms with Gasteiger partial charge in [-0.3, -0.25) is 5.32 Å². The van der Waals surface area contributed by atoms with Crippen LogP contribution in [0.2, 0.25) is 5.02 Å². The fourth-order valence-corrected chi connectivity index (χ4v) is 2.89. The minimum absolute atomic E-state index is 0.362. The SMILES string of the molecule is Cc1cc(C)nc(NC(=NCc2ccccc2Cl)NC(=S)NCc2ccco2)n1. The molecule has 0 aliphatic rings. The fraction of sp³-hybridized carbons (Fsp3) is 0.200. The number of hydrogen-bond acceptors (Lipinski definition) is 5. The van der Waals surface area contributed by atoms with Crippen LogP contribution in [0.15, 0.2) is 58.1 Å². The van der Waals surface area contributed by atoms with E-state index in [1.165, 1.54) is 0 Å². The second kappa shape index (κ2) is 9.99. The summed E-state index contributed by atoms with van der Waals surface area (Å²) in [6.07, 6.45) is 1.61. The van der Waals surface area contributed by atoms with E-state index in [-0.39, 0.29) is 0 Å². The molecule has 0 saturated heterocycles. The summed E-state index contributed by atoms with van der Waals surface area (Å²) < 4.78 is 5.30. The van der Waals surface area contributed by atoms with E-state index in [0.717, 1.165) is 22.7 Å². The highest BCUT2D eigenvalue weighted by Crippen LogP contribution is 2.15. The zero-order valence-electron chi connectivity index (χ0n) is 16.1. The Kier molecular flexibility index (Phi) is 7.15. The summed E-state index contributed by atoms with van der Waals surface area (Å²) in [6, 6.07) is 13.1. The molecule has 0 aliphatic heterocycles. The number of furan rings is 1. The number of nitrogens with one attached hydrogen (secondary N) is 3. The Labute approximate surface area is 179 Å². The summed E-state index contributed by atoms with van der Waals surface area (Å²) in [5.74, 6) is 1.61. The van der Waals surface area contributed by atoms with Crippen molar-refractivity contribution in [1.82, 2.24) is 20.6 Å². The molecule has 0 fully saturated rings. The highest BCUT2D eigenvalue weighted by molar-refractivity contribution is 7.80. The van der Waals surface area contributed by atoms with Gasteiger partial charge in [-0.1, -0.05) is 29.8 Å². The van der Waals surface area contributed by atoms with Crippen molar-refractivity contribution in [3.05, 3.63) is 76.5 Å². The van der Waals surface area contributed by atoms with Gasteiger partial charge in [0, 0.05) is 16.4 Å². The molecule has 0 radical (unpaired) electrons. The minimum Gasteiger partial charge on any atom is -0.467 e. The Morgan fingerprint density at radius 3 is 2.59 bits per heavy atom. The molecule has 29 heavy (non-hydrogen) atoms. The number of aromatic nitrogens is 2. The summed E-state index contributed by atoms with van der Waals surface area (Å²) in [6.45, 7) is 4.63. The first-order valence-electron chi connectivity index (χ1n) is 8.94. The van der Waals surface area contributed by atoms with Crippen LogP contribution in [-0.2, 0) is 13.1 Å². The Morgan fingerprint density at radius 1 is 1.14 bits per heavy atom. The van der Waals surface area contributed by atoms with Crippen molar-refractivity contribution in [2.45, 2.75) is 26.9 Å². The lowest BCUT2D eigenvalue weighted by atomic mass is 10.2. The molecular weight excluding hydrogens is 408 g/mol. The van der Waals surface area contributed by atoms with E-state index in [9.17, 15) is 0 Å². The van der Waals surface area contributed by atoms with Gasteiger partial charge in [0.2, 0.25) is 11.9 Å². The largest absolute Gasteiger partial charge is 0.467 e. The number of thiocarbonyl (C=S) groups is 1. The lowest BCUT2D eigenvalue weighted by Gasteiger charge is -2.14. The van der Waals surface area contributed by atoms with Crippen LogP contribution in [0.1, 0.15) is 22.7 Å². The summed E-state index contributed by atoms with van der Waals surface area (Å²) in [5, 5.41) is 10.3. The quantitative estimate of drug-likeness (QED) is 0.322. The van der Waals surface area contributed by atoms with Crippen LogP contribution in [0.5, 0.6) is 0 Å². The molecule has 150 valence electrons. The number of benzene rings is 1. The van der Waals surface area contributed by atoms with Gasteiger partial charge in [0.1, 0.15) is 5.76 Å². The molecule has 0 bridgehead atoms. The van der Waals surface area contributed by atoms with Gasteiger partial charge in [0.25, 0.3) is 0 Å². The van der Waals surface area contributed by atoms with Crippen molar-refractivity contribution < 1.29 is 4.42 Å². The van der Waals surface area contributed by atoms with E-state index < -0.39 is 0 Å². The number of aryl methyl sites for hydroxylation is 2. The maximum absolute atomic E-state index is 6.24. The molecule has 9 heteroatoms. The van der Waals surface area contributed by atoms with Crippen molar-refractivity contribution in [3.63, 3.8) is 0 Å². The van der Waals surface area contributed by atoms with Gasteiger partial charge < -0.3 is 15.1 Å². The van der Waals surface area contributed by atoms with Gasteiger partial charge in [-0.25, -0.2) is 15.0 Å². The Morgan fingerprint density at radius 2 is 1.90 bits per heavy atom. The number of rotatable bonds is 5. The highest BCUT2D eigenvalue weighted by Gasteiger charge is 2.08. The fourth-order valence-electron chi connectivity index (χ4n) is 2.52. The lowest BCUT2D eigenvalue weighted by molar-refractivity contribution is 0.503. The summed E-state index contributed by atoms with van der Waals surface area (Å²) in [4.78, 5) is 13.4. The van der Waals surface area contributed by atoms with E-state index >= 15 is 0 Å². The molecule has 0 aliphatic carbocycles. The van der Waals surface area contributed by atoms with Crippen LogP contribution in [0.4, 0.5) is 5.95 Å². The van der Waals surface area contributed by atoms with Gasteiger partial charge >= 0.3 is 0 Å². The van der Waals surface area contributed by atoms with Gasteiger partial charge in [-0.2, -0.15) is 0 Å². The van der Waals surface area contributed by atoms with Crippen molar-refractivity contribution in [3.8, 4) is 0 Å². The van der Waals surface area contributed by atoms with Crippen molar-refractivity contribution in [2.75, 3.05) is 5.32 Å². The van der Waals surface area contributed by atoms with E-state index in [1.807, 2.05) is 56.3 Å². The minimum atomic E-state index is 0.362. The molecule has 3 N–H and O–H groups in total. The molecule has 1 aromatic carbocycles. The molecule has 3 aromatic rings. The second-order valence-corrected chi connectivity index (χ2v) is 7.06. The second-order valence-electron chi connectivity index (χ2n) is 6.24. The number of guanidine groups is 1. The molecule has 0 unspecified atom stereocenters. The molecule has 3 rings (SSSR count). The topological polar surface area (TPSA) is 87.4 Å². The first kappa shape index (κ1) is 20.8. The predicted molar refractivity (Wildman–Crippen MR) is 119 cm³/mol. The zero-order valence-corrected chi connectivity index (χ0v) is 17.6. The zero-order chi connectivity index (χ0) is 20.6. The Hall–Kier alpha value is -2.97. The molecule has 0 atom stereocenters. The standard InChI is InChI=1S/C20H21ClN6OS/c1-13-10-14(2)25-19(24-13)26-18(22-11-15-6-3-4-8-17(15)21)27-20(29)23-12-16-7-5-9-28-16/h3-10H,11-12H2,1-2H3,(H3,22,23,24,25,26,27,29). The lowest BCUT2D eigenvalue weighted by Crippen LogP contribution is -2.42. The maximum Gasteiger partial charge on any atom is 0.229 e. The van der Waals surface area contributed by atoms with E-state index in [4.69, 9.17) is 28.2 Å². The Bertz CT molecular complexity index is 986. The van der Waals surface area contributed by atoms with E-state index in [2.05, 4.69) is 30.9 Å². The van der Waals surface area contributed by atoms with Gasteiger partial charge in [-0.05, 0) is 55.9 Å². The molecule has 0 saturated carbocycles. The summed E-state index contributed by atoms with van der Waals surface area (Å²) in [5.41, 5.74) is 2.60. The van der Waals surface area contributed by atoms with Crippen molar-refractivity contribution in [2.24, 2.45) is 4.99 Å². The first-order chi connectivity index (χ1) is 14.0. The first-order valence-corrected chi connectivity index (χ1v) is 9.72. The third kappa shape index (κ3) is 6.55. The normalized spacial score (nSPS) is 11.2. The summed E-state index contributed by atoms with van der Waals surface area (Å²) in [7, 11) is 0. The van der Waals surface area contributed by atoms with E-state index in [1.54, 1.807) is 6.26 Å². The third-order valence-electron chi connectivity index (χ3n) is 3.81. The van der Waals surface area contributed by atoms with Gasteiger partial charge in [-0.15, -0.1) is 0 Å². The molecule has 7 nitrogen and oxygen atoms in total. The number of anilines is 1. The monoisotopic (exact) mass is 428 g/mol. The van der Waals surface area contributed by atoms with Crippen molar-refractivity contribution in [1.29, 1.82) is 0 Å². The average Bonchev–Trinajstić information content (AvgIpc) is 3.18. The van der Waals surface area contributed by atoms with Gasteiger partial charge in [0.05, 0.1) is 19.4 Å². The number of hydrogen-bond donors (Lipinski definition) is 3. The van der Waals surface area contributed by atoms with Crippen LogP contribution in [0.3, 0.4) is 0 Å². The van der Waals surface area contributed by atoms with Crippen LogP contribution < -0.4 is 16.0 Å². The summed E-state index contributed by atoms with van der Waals surface area (Å²) >= 11 is 11.6. The maximum atomic E-state index is 6.24. The average molecular weight is 429 g/mol. The predicted octanol–water partition coefficient (Wildman–Crippen LogP) is 3.97. The number of aliphatic imine (C=N–C) groups is 1. The highest BCUT2D eigenvalue weighted by atomic mass is 35.5. The van der Waals surface area contributed by atoms with Crippen LogP contribution in [0, 0.1) is 13.8 Å². The van der Waals surface area contributed by atoms with Gasteiger partial charge in [0.15, 0.2) is 5.11 Å². The molecular formula is C20H21ClN6OS. The van der Waals surface area contributed by atoms with E-state index in [0.29, 0.717) is 35.1 Å². The number of halogens is 1. The third-order valence-corrected chi connectivity index (χ3v) is 4.43. The smallest absolute Gasteiger partial charge is 0.229 e. The number of nitrogens with zero attached hydrogens (tertiary/aromatic N) is 3.